The van der Waals surface area contributed by atoms with Crippen LogP contribution in [0.2, 0.25) is 0 Å². The molecule has 0 unspecified atom stereocenters. The number of rotatable bonds is 50. The average molecular weight is 863 g/mol. The molecule has 6 heteroatoms. The van der Waals surface area contributed by atoms with Crippen molar-refractivity contribution in [1.82, 2.24) is 0 Å². The molecule has 0 fully saturated rings. The topological polar surface area (TPSA) is 78.9 Å². The highest BCUT2D eigenvalue weighted by Crippen LogP contribution is 2.17. The molecule has 0 aliphatic carbocycles. The molecule has 0 N–H and O–H groups in total. The van der Waals surface area contributed by atoms with Crippen LogP contribution in [0.1, 0.15) is 310 Å². The second-order valence-corrected chi connectivity index (χ2v) is 19.3. The average Bonchev–Trinajstić information content (AvgIpc) is 3.24. The molecule has 6 nitrogen and oxygen atoms in total. The maximum atomic E-state index is 12.8. The van der Waals surface area contributed by atoms with Gasteiger partial charge in [0, 0.05) is 19.3 Å². The number of carbonyl (C=O) groups is 3. The molecule has 0 aliphatic rings. The Hall–Kier alpha value is -1.59. The van der Waals surface area contributed by atoms with E-state index in [0.717, 1.165) is 63.7 Å². The molecule has 0 aliphatic heterocycles. The lowest BCUT2D eigenvalue weighted by atomic mass is 10.0. The zero-order valence-corrected chi connectivity index (χ0v) is 41.6. The summed E-state index contributed by atoms with van der Waals surface area (Å²) in [5, 5.41) is 0. The number of esters is 3. The number of carbonyl (C=O) groups excluding carboxylic acids is 3. The van der Waals surface area contributed by atoms with Crippen molar-refractivity contribution in [3.63, 3.8) is 0 Å². The predicted molar refractivity (Wildman–Crippen MR) is 261 cm³/mol. The second kappa shape index (κ2) is 49.4. The number of hydrogen-bond donors (Lipinski definition) is 0. The zero-order valence-electron chi connectivity index (χ0n) is 41.6. The van der Waals surface area contributed by atoms with E-state index in [1.807, 2.05) is 0 Å². The Bertz CT molecular complexity index is 918. The first-order chi connectivity index (χ1) is 29.9. The van der Waals surface area contributed by atoms with Crippen LogP contribution in [-0.2, 0) is 28.6 Å². The van der Waals surface area contributed by atoms with Gasteiger partial charge in [0.2, 0.25) is 0 Å². The van der Waals surface area contributed by atoms with Crippen LogP contribution in [0, 0.1) is 5.92 Å². The highest BCUT2D eigenvalue weighted by atomic mass is 16.6. The summed E-state index contributed by atoms with van der Waals surface area (Å²) in [5.74, 6) is 0.00827. The van der Waals surface area contributed by atoms with Gasteiger partial charge in [0.25, 0.3) is 0 Å². The van der Waals surface area contributed by atoms with Crippen LogP contribution >= 0.6 is 0 Å². The molecular weight excluding hydrogens is 757 g/mol. The van der Waals surface area contributed by atoms with E-state index in [-0.39, 0.29) is 31.1 Å². The van der Waals surface area contributed by atoms with E-state index in [4.69, 9.17) is 14.2 Å². The summed E-state index contributed by atoms with van der Waals surface area (Å²) in [4.78, 5) is 38.0. The van der Waals surface area contributed by atoms with Gasteiger partial charge in [0.05, 0.1) is 0 Å². The Kier molecular flexibility index (Phi) is 48.1. The third kappa shape index (κ3) is 49.3. The number of hydrogen-bond acceptors (Lipinski definition) is 6. The van der Waals surface area contributed by atoms with E-state index in [2.05, 4.69) is 27.7 Å². The summed E-state index contributed by atoms with van der Waals surface area (Å²) in [6, 6.07) is 0. The maximum Gasteiger partial charge on any atom is 0.306 e. The van der Waals surface area contributed by atoms with Gasteiger partial charge in [-0.3, -0.25) is 14.4 Å². The third-order valence-corrected chi connectivity index (χ3v) is 12.5. The Labute approximate surface area is 380 Å². The second-order valence-electron chi connectivity index (χ2n) is 19.3. The summed E-state index contributed by atoms with van der Waals surface area (Å²) in [5.41, 5.74) is 0. The molecule has 61 heavy (non-hydrogen) atoms. The Balaban J connectivity index is 4.25. The molecule has 0 saturated carbocycles. The van der Waals surface area contributed by atoms with Crippen LogP contribution in [0.15, 0.2) is 0 Å². The normalized spacial score (nSPS) is 12.0. The van der Waals surface area contributed by atoms with Gasteiger partial charge in [-0.15, -0.1) is 0 Å². The molecule has 0 rings (SSSR count). The lowest BCUT2D eigenvalue weighted by Gasteiger charge is -2.18. The summed E-state index contributed by atoms with van der Waals surface area (Å²) in [6.45, 7) is 9.04. The Morgan fingerprint density at radius 1 is 0.311 bits per heavy atom. The van der Waals surface area contributed by atoms with Crippen molar-refractivity contribution in [2.75, 3.05) is 13.2 Å². The van der Waals surface area contributed by atoms with Crippen LogP contribution in [0.25, 0.3) is 0 Å². The molecule has 0 heterocycles. The summed E-state index contributed by atoms with van der Waals surface area (Å²) < 4.78 is 16.8. The van der Waals surface area contributed by atoms with Gasteiger partial charge in [0.15, 0.2) is 6.10 Å². The molecule has 0 aromatic carbocycles. The van der Waals surface area contributed by atoms with Gasteiger partial charge in [0.1, 0.15) is 13.2 Å². The highest BCUT2D eigenvalue weighted by molar-refractivity contribution is 5.71. The van der Waals surface area contributed by atoms with Crippen LogP contribution in [-0.4, -0.2) is 37.2 Å². The third-order valence-electron chi connectivity index (χ3n) is 12.5. The molecule has 0 amide bonds. The van der Waals surface area contributed by atoms with Crippen molar-refractivity contribution in [1.29, 1.82) is 0 Å². The van der Waals surface area contributed by atoms with Crippen molar-refractivity contribution in [2.24, 2.45) is 5.92 Å². The van der Waals surface area contributed by atoms with E-state index in [0.29, 0.717) is 19.3 Å². The first kappa shape index (κ1) is 59.4. The van der Waals surface area contributed by atoms with Gasteiger partial charge >= 0.3 is 17.9 Å². The lowest BCUT2D eigenvalue weighted by molar-refractivity contribution is -0.167. The van der Waals surface area contributed by atoms with E-state index in [9.17, 15) is 14.4 Å². The van der Waals surface area contributed by atoms with Gasteiger partial charge < -0.3 is 14.2 Å². The summed E-state index contributed by atoms with van der Waals surface area (Å²) in [7, 11) is 0. The fourth-order valence-electron chi connectivity index (χ4n) is 8.39. The zero-order chi connectivity index (χ0) is 44.5. The van der Waals surface area contributed by atoms with E-state index in [1.54, 1.807) is 0 Å². The standard InChI is InChI=1S/C55H106O6/c1-5-7-9-11-13-15-17-18-20-25-28-32-36-40-44-48-55(58)61-52(49-59-53(56)46-42-38-34-30-16-14-12-10-8-6-2)50-60-54(57)47-43-39-35-31-27-24-22-19-21-23-26-29-33-37-41-45-51(3)4/h51-52H,5-50H2,1-4H3/t52-/m1/s1. The highest BCUT2D eigenvalue weighted by Gasteiger charge is 2.19. The van der Waals surface area contributed by atoms with Crippen molar-refractivity contribution in [3.8, 4) is 0 Å². The van der Waals surface area contributed by atoms with Crippen molar-refractivity contribution < 1.29 is 28.6 Å². The smallest absolute Gasteiger partial charge is 0.306 e. The van der Waals surface area contributed by atoms with Crippen LogP contribution < -0.4 is 0 Å². The van der Waals surface area contributed by atoms with E-state index in [1.165, 1.54) is 205 Å². The van der Waals surface area contributed by atoms with Crippen LogP contribution in [0.5, 0.6) is 0 Å². The Morgan fingerprint density at radius 3 is 0.803 bits per heavy atom. The predicted octanol–water partition coefficient (Wildman–Crippen LogP) is 17.8. The van der Waals surface area contributed by atoms with Gasteiger partial charge in [-0.1, -0.05) is 272 Å². The lowest BCUT2D eigenvalue weighted by Crippen LogP contribution is -2.30. The molecule has 0 saturated heterocycles. The SMILES string of the molecule is CCCCCCCCCCCCCCCCCC(=O)O[C@H](COC(=O)CCCCCCCCCCCC)COC(=O)CCCCCCCCCCCCCCCCCC(C)C. The molecule has 362 valence electrons. The van der Waals surface area contributed by atoms with Crippen LogP contribution in [0.4, 0.5) is 0 Å². The maximum absolute atomic E-state index is 12.8. The first-order valence-corrected chi connectivity index (χ1v) is 27.4. The molecular formula is C55H106O6. The van der Waals surface area contributed by atoms with E-state index >= 15 is 0 Å². The van der Waals surface area contributed by atoms with Crippen molar-refractivity contribution >= 4 is 17.9 Å². The molecule has 0 bridgehead atoms. The van der Waals surface area contributed by atoms with Crippen molar-refractivity contribution in [3.05, 3.63) is 0 Å². The minimum Gasteiger partial charge on any atom is -0.462 e. The fraction of sp³-hybridized carbons (Fsp3) is 0.945. The van der Waals surface area contributed by atoms with Crippen molar-refractivity contribution in [2.45, 2.75) is 316 Å². The number of ether oxygens (including phenoxy) is 3. The van der Waals surface area contributed by atoms with Gasteiger partial charge in [-0.05, 0) is 25.2 Å². The quantitative estimate of drug-likeness (QED) is 0.0344. The van der Waals surface area contributed by atoms with E-state index < -0.39 is 6.10 Å². The minimum atomic E-state index is -0.760. The Morgan fingerprint density at radius 2 is 0.541 bits per heavy atom. The minimum absolute atomic E-state index is 0.0622. The van der Waals surface area contributed by atoms with Crippen LogP contribution in [0.3, 0.4) is 0 Å². The summed E-state index contributed by atoms with van der Waals surface area (Å²) in [6.07, 6.45) is 52.3. The van der Waals surface area contributed by atoms with Gasteiger partial charge in [-0.2, -0.15) is 0 Å². The molecule has 1 atom stereocenters. The molecule has 0 aromatic heterocycles. The molecule has 0 spiro atoms. The monoisotopic (exact) mass is 863 g/mol. The van der Waals surface area contributed by atoms with Gasteiger partial charge in [-0.25, -0.2) is 0 Å². The molecule has 0 radical (unpaired) electrons. The number of unbranched alkanes of at least 4 members (excludes halogenated alkanes) is 37. The summed E-state index contributed by atoms with van der Waals surface area (Å²) >= 11 is 0. The molecule has 0 aromatic rings. The largest absolute Gasteiger partial charge is 0.462 e. The fourth-order valence-corrected chi connectivity index (χ4v) is 8.39. The first-order valence-electron chi connectivity index (χ1n) is 27.4.